The monoisotopic (exact) mass is 288 g/mol. The number of nitrogens with zero attached hydrogens (tertiary/aromatic N) is 1. The molecule has 0 aromatic carbocycles. The van der Waals surface area contributed by atoms with Gasteiger partial charge in [0.15, 0.2) is 0 Å². The smallest absolute Gasteiger partial charge is 0.326 e. The molecule has 0 heterocycles. The Morgan fingerprint density at radius 3 is 2.15 bits per heavy atom. The van der Waals surface area contributed by atoms with Gasteiger partial charge in [-0.15, -0.1) is 0 Å². The number of carboxylic acid groups (broad SMARTS) is 1. The van der Waals surface area contributed by atoms with Gasteiger partial charge in [-0.3, -0.25) is 0 Å². The third-order valence-electron chi connectivity index (χ3n) is 2.86. The van der Waals surface area contributed by atoms with E-state index in [0.29, 0.717) is 6.42 Å². The Morgan fingerprint density at radius 2 is 1.70 bits per heavy atom. The summed E-state index contributed by atoms with van der Waals surface area (Å²) in [6.07, 6.45) is 0.649. The van der Waals surface area contributed by atoms with E-state index in [1.54, 1.807) is 21.0 Å². The van der Waals surface area contributed by atoms with E-state index in [1.807, 2.05) is 6.92 Å². The predicted octanol–water partition coefficient (Wildman–Crippen LogP) is 0.0561. The van der Waals surface area contributed by atoms with Crippen LogP contribution in [-0.4, -0.2) is 61.3 Å². The molecule has 8 heteroatoms. The topological polar surface area (TPSA) is 111 Å². The molecule has 0 spiro atoms. The molecule has 20 heavy (non-hydrogen) atoms. The van der Waals surface area contributed by atoms with Crippen molar-refractivity contribution in [3.8, 4) is 0 Å². The molecule has 0 aliphatic heterocycles. The van der Waals surface area contributed by atoms with Crippen LogP contribution < -0.4 is 16.0 Å². The molecular weight excluding hydrogens is 264 g/mol. The number of hydrogen-bond donors (Lipinski definition) is 4. The first-order valence-electron chi connectivity index (χ1n) is 6.51. The Balaban J connectivity index is 4.03. The normalized spacial score (nSPS) is 13.0. The summed E-state index contributed by atoms with van der Waals surface area (Å²) in [4.78, 5) is 35.1. The molecule has 0 saturated heterocycles. The molecule has 0 aliphatic carbocycles. The van der Waals surface area contributed by atoms with Gasteiger partial charge in [0.25, 0.3) is 0 Å². The Bertz CT molecular complexity index is 346. The van der Waals surface area contributed by atoms with Gasteiger partial charge in [0.1, 0.15) is 6.04 Å². The van der Waals surface area contributed by atoms with Crippen molar-refractivity contribution in [2.24, 2.45) is 5.92 Å². The van der Waals surface area contributed by atoms with Gasteiger partial charge in [-0.1, -0.05) is 20.3 Å². The minimum atomic E-state index is -1.06. The summed E-state index contributed by atoms with van der Waals surface area (Å²) >= 11 is 0. The van der Waals surface area contributed by atoms with Crippen LogP contribution in [0.1, 0.15) is 20.3 Å². The van der Waals surface area contributed by atoms with E-state index in [9.17, 15) is 14.4 Å². The zero-order chi connectivity index (χ0) is 15.7. The molecular formula is C12H24N4O4. The molecule has 0 rings (SSSR count). The number of rotatable bonds is 7. The minimum Gasteiger partial charge on any atom is -0.480 e. The molecule has 0 saturated carbocycles. The third kappa shape index (κ3) is 6.81. The average molecular weight is 288 g/mol. The second-order valence-electron chi connectivity index (χ2n) is 4.73. The van der Waals surface area contributed by atoms with Crippen molar-refractivity contribution in [3.63, 3.8) is 0 Å². The van der Waals surface area contributed by atoms with Crippen molar-refractivity contribution in [2.75, 3.05) is 27.2 Å². The molecule has 4 N–H and O–H groups in total. The lowest BCUT2D eigenvalue weighted by molar-refractivity contribution is -0.140. The van der Waals surface area contributed by atoms with Crippen LogP contribution >= 0.6 is 0 Å². The third-order valence-corrected chi connectivity index (χ3v) is 2.86. The van der Waals surface area contributed by atoms with E-state index in [-0.39, 0.29) is 25.0 Å². The van der Waals surface area contributed by atoms with Crippen LogP contribution in [0.3, 0.4) is 0 Å². The van der Waals surface area contributed by atoms with Crippen LogP contribution in [0.2, 0.25) is 0 Å². The van der Waals surface area contributed by atoms with Crippen LogP contribution in [0, 0.1) is 5.92 Å². The van der Waals surface area contributed by atoms with E-state index in [1.165, 1.54) is 4.90 Å². The van der Waals surface area contributed by atoms with Gasteiger partial charge in [0, 0.05) is 27.2 Å². The highest BCUT2D eigenvalue weighted by Gasteiger charge is 2.24. The van der Waals surface area contributed by atoms with Crippen molar-refractivity contribution in [2.45, 2.75) is 26.3 Å². The Morgan fingerprint density at radius 1 is 1.15 bits per heavy atom. The van der Waals surface area contributed by atoms with Gasteiger partial charge < -0.3 is 26.0 Å². The van der Waals surface area contributed by atoms with Crippen molar-refractivity contribution < 1.29 is 19.5 Å². The lowest BCUT2D eigenvalue weighted by Crippen LogP contribution is -2.50. The lowest BCUT2D eigenvalue weighted by atomic mass is 9.99. The van der Waals surface area contributed by atoms with Crippen LogP contribution in [-0.2, 0) is 4.79 Å². The van der Waals surface area contributed by atoms with Crippen molar-refractivity contribution in [1.29, 1.82) is 0 Å². The molecule has 2 atom stereocenters. The SMILES string of the molecule is CCC(C)C(NC(=O)NCCNC(=O)N(C)C)C(=O)O. The van der Waals surface area contributed by atoms with Gasteiger partial charge in [0.05, 0.1) is 0 Å². The maximum Gasteiger partial charge on any atom is 0.326 e. The maximum atomic E-state index is 11.5. The molecule has 0 aromatic rings. The molecule has 0 bridgehead atoms. The Labute approximate surface area is 118 Å². The number of carboxylic acids is 1. The second kappa shape index (κ2) is 9.00. The lowest BCUT2D eigenvalue weighted by Gasteiger charge is -2.20. The summed E-state index contributed by atoms with van der Waals surface area (Å²) in [6.45, 7) is 4.11. The van der Waals surface area contributed by atoms with Gasteiger partial charge in [0.2, 0.25) is 0 Å². The summed E-state index contributed by atoms with van der Waals surface area (Å²) in [7, 11) is 3.22. The van der Waals surface area contributed by atoms with E-state index in [4.69, 9.17) is 5.11 Å². The highest BCUT2D eigenvalue weighted by Crippen LogP contribution is 2.07. The molecule has 0 aliphatic rings. The highest BCUT2D eigenvalue weighted by atomic mass is 16.4. The van der Waals surface area contributed by atoms with Crippen molar-refractivity contribution >= 4 is 18.0 Å². The minimum absolute atomic E-state index is 0.160. The Kier molecular flexibility index (Phi) is 8.10. The van der Waals surface area contributed by atoms with Gasteiger partial charge >= 0.3 is 18.0 Å². The first-order chi connectivity index (χ1) is 9.29. The zero-order valence-electron chi connectivity index (χ0n) is 12.4. The standard InChI is InChI=1S/C12H24N4O4/c1-5-8(2)9(10(17)18)15-11(19)13-6-7-14-12(20)16(3)4/h8-9H,5-7H2,1-4H3,(H,14,20)(H,17,18)(H2,13,15,19). The quantitative estimate of drug-likeness (QED) is 0.496. The van der Waals surface area contributed by atoms with Crippen LogP contribution in [0.5, 0.6) is 0 Å². The number of carbonyl (C=O) groups excluding carboxylic acids is 2. The maximum absolute atomic E-state index is 11.5. The number of carbonyl (C=O) groups is 3. The molecule has 0 radical (unpaired) electrons. The highest BCUT2D eigenvalue weighted by molar-refractivity contribution is 5.82. The number of nitrogens with one attached hydrogen (secondary N) is 3. The summed E-state index contributed by atoms with van der Waals surface area (Å²) in [5, 5.41) is 16.5. The van der Waals surface area contributed by atoms with Crippen molar-refractivity contribution in [3.05, 3.63) is 0 Å². The fraction of sp³-hybridized carbons (Fsp3) is 0.750. The summed E-state index contributed by atoms with van der Waals surface area (Å²) in [5.74, 6) is -1.22. The Hall–Kier alpha value is -1.99. The van der Waals surface area contributed by atoms with Crippen LogP contribution in [0.15, 0.2) is 0 Å². The first kappa shape index (κ1) is 18.0. The average Bonchev–Trinajstić information content (AvgIpc) is 2.39. The summed E-state index contributed by atoms with van der Waals surface area (Å²) in [5.41, 5.74) is 0. The molecule has 116 valence electrons. The van der Waals surface area contributed by atoms with Crippen molar-refractivity contribution in [1.82, 2.24) is 20.9 Å². The van der Waals surface area contributed by atoms with E-state index < -0.39 is 18.0 Å². The van der Waals surface area contributed by atoms with E-state index in [0.717, 1.165) is 0 Å². The molecule has 8 nitrogen and oxygen atoms in total. The number of amides is 4. The molecule has 2 unspecified atom stereocenters. The van der Waals surface area contributed by atoms with Gasteiger partial charge in [-0.2, -0.15) is 0 Å². The zero-order valence-corrected chi connectivity index (χ0v) is 12.4. The summed E-state index contributed by atoms with van der Waals surface area (Å²) in [6, 6.07) is -1.73. The van der Waals surface area contributed by atoms with Crippen LogP contribution in [0.4, 0.5) is 9.59 Å². The summed E-state index contributed by atoms with van der Waals surface area (Å²) < 4.78 is 0. The van der Waals surface area contributed by atoms with Gasteiger partial charge in [-0.05, 0) is 5.92 Å². The van der Waals surface area contributed by atoms with E-state index in [2.05, 4.69) is 16.0 Å². The first-order valence-corrected chi connectivity index (χ1v) is 6.51. The molecule has 0 aromatic heterocycles. The van der Waals surface area contributed by atoms with Gasteiger partial charge in [-0.25, -0.2) is 14.4 Å². The van der Waals surface area contributed by atoms with Crippen LogP contribution in [0.25, 0.3) is 0 Å². The fourth-order valence-corrected chi connectivity index (χ4v) is 1.38. The predicted molar refractivity (Wildman–Crippen MR) is 74.5 cm³/mol. The fourth-order valence-electron chi connectivity index (χ4n) is 1.38. The number of hydrogen-bond acceptors (Lipinski definition) is 3. The molecule has 0 fully saturated rings. The van der Waals surface area contributed by atoms with E-state index >= 15 is 0 Å². The number of urea groups is 2. The largest absolute Gasteiger partial charge is 0.480 e. The molecule has 4 amide bonds. The number of aliphatic carboxylic acids is 1. The second-order valence-corrected chi connectivity index (χ2v) is 4.73.